The lowest BCUT2D eigenvalue weighted by Crippen LogP contribution is -2.42. The van der Waals surface area contributed by atoms with Crippen molar-refractivity contribution < 1.29 is 18.0 Å². The molecule has 1 aromatic carbocycles. The second-order valence-electron chi connectivity index (χ2n) is 5.00. The first-order chi connectivity index (χ1) is 9.27. The number of hydrogen-bond donors (Lipinski definition) is 2. The number of nitrogens with zero attached hydrogens (tertiary/aromatic N) is 1. The number of alkyl halides is 3. The average Bonchev–Trinajstić information content (AvgIpc) is 2.36. The van der Waals surface area contributed by atoms with Crippen molar-refractivity contribution in [1.29, 1.82) is 0 Å². The number of rotatable bonds is 1. The fourth-order valence-electron chi connectivity index (χ4n) is 2.39. The number of anilines is 2. The zero-order valence-electron chi connectivity index (χ0n) is 10.8. The molecule has 1 aromatic rings. The van der Waals surface area contributed by atoms with Crippen molar-refractivity contribution in [3.63, 3.8) is 0 Å². The van der Waals surface area contributed by atoms with Crippen LogP contribution in [0.2, 0.25) is 0 Å². The van der Waals surface area contributed by atoms with E-state index in [0.29, 0.717) is 16.9 Å². The Balaban J connectivity index is 2.05. The first kappa shape index (κ1) is 14.5. The average molecular weight is 287 g/mol. The van der Waals surface area contributed by atoms with Crippen LogP contribution in [0.1, 0.15) is 23.2 Å². The third kappa shape index (κ3) is 3.15. The lowest BCUT2D eigenvalue weighted by Gasteiger charge is -2.33. The van der Waals surface area contributed by atoms with Gasteiger partial charge in [0.05, 0.1) is 5.92 Å². The highest BCUT2D eigenvalue weighted by atomic mass is 19.4. The van der Waals surface area contributed by atoms with Crippen LogP contribution >= 0.6 is 0 Å². The van der Waals surface area contributed by atoms with E-state index in [1.165, 1.54) is 23.1 Å². The predicted octanol–water partition coefficient (Wildman–Crippen LogP) is 2.27. The van der Waals surface area contributed by atoms with Crippen molar-refractivity contribution in [3.05, 3.63) is 23.8 Å². The van der Waals surface area contributed by atoms with Gasteiger partial charge < -0.3 is 16.4 Å². The summed E-state index contributed by atoms with van der Waals surface area (Å²) in [4.78, 5) is 13.6. The number of benzene rings is 1. The summed E-state index contributed by atoms with van der Waals surface area (Å²) >= 11 is 0. The molecule has 7 heteroatoms. The minimum Gasteiger partial charge on any atom is -0.399 e. The van der Waals surface area contributed by atoms with E-state index >= 15 is 0 Å². The molecule has 1 fully saturated rings. The standard InChI is InChI=1S/C13H16F3N3O/c14-13(15,16)9-1-3-19(4-2-9)12(20)8-5-10(17)7-11(18)6-8/h5-7,9H,1-4,17-18H2. The lowest BCUT2D eigenvalue weighted by atomic mass is 9.96. The van der Waals surface area contributed by atoms with Gasteiger partial charge in [0.15, 0.2) is 0 Å². The highest BCUT2D eigenvalue weighted by molar-refractivity contribution is 5.96. The van der Waals surface area contributed by atoms with Gasteiger partial charge in [-0.25, -0.2) is 0 Å². The molecule has 0 atom stereocenters. The van der Waals surface area contributed by atoms with Crippen molar-refractivity contribution >= 4 is 17.3 Å². The Kier molecular flexibility index (Phi) is 3.78. The van der Waals surface area contributed by atoms with Gasteiger partial charge in [-0.3, -0.25) is 4.79 Å². The van der Waals surface area contributed by atoms with Gasteiger partial charge >= 0.3 is 6.18 Å². The van der Waals surface area contributed by atoms with E-state index in [-0.39, 0.29) is 31.8 Å². The zero-order chi connectivity index (χ0) is 14.9. The molecule has 1 saturated heterocycles. The van der Waals surface area contributed by atoms with Gasteiger partial charge in [0.25, 0.3) is 5.91 Å². The summed E-state index contributed by atoms with van der Waals surface area (Å²) in [5.41, 5.74) is 12.2. The number of nitrogens with two attached hydrogens (primary N) is 2. The fourth-order valence-corrected chi connectivity index (χ4v) is 2.39. The second-order valence-corrected chi connectivity index (χ2v) is 5.00. The van der Waals surface area contributed by atoms with Gasteiger partial charge in [0.1, 0.15) is 0 Å². The Morgan fingerprint density at radius 2 is 1.60 bits per heavy atom. The molecule has 20 heavy (non-hydrogen) atoms. The monoisotopic (exact) mass is 287 g/mol. The van der Waals surface area contributed by atoms with Gasteiger partial charge in [-0.05, 0) is 31.0 Å². The van der Waals surface area contributed by atoms with Crippen LogP contribution in [0, 0.1) is 5.92 Å². The summed E-state index contributed by atoms with van der Waals surface area (Å²) < 4.78 is 37.7. The van der Waals surface area contributed by atoms with Gasteiger partial charge in [-0.1, -0.05) is 0 Å². The molecule has 110 valence electrons. The minimum absolute atomic E-state index is 0.0625. The van der Waals surface area contributed by atoms with Gasteiger partial charge in [0, 0.05) is 30.0 Å². The summed E-state index contributed by atoms with van der Waals surface area (Å²) in [7, 11) is 0. The summed E-state index contributed by atoms with van der Waals surface area (Å²) in [6.45, 7) is 0.190. The van der Waals surface area contributed by atoms with E-state index in [2.05, 4.69) is 0 Å². The number of likely N-dealkylation sites (tertiary alicyclic amines) is 1. The number of carbonyl (C=O) groups excluding carboxylic acids is 1. The van der Waals surface area contributed by atoms with E-state index in [9.17, 15) is 18.0 Å². The quantitative estimate of drug-likeness (QED) is 0.778. The molecule has 0 radical (unpaired) electrons. The maximum atomic E-state index is 12.6. The molecule has 0 aromatic heterocycles. The normalized spacial score (nSPS) is 17.2. The topological polar surface area (TPSA) is 72.3 Å². The molecular formula is C13H16F3N3O. The molecule has 1 heterocycles. The second kappa shape index (κ2) is 5.22. The van der Waals surface area contributed by atoms with Gasteiger partial charge in [0.2, 0.25) is 0 Å². The number of nitrogen functional groups attached to an aromatic ring is 2. The third-order valence-corrected chi connectivity index (χ3v) is 3.47. The van der Waals surface area contributed by atoms with Crippen LogP contribution in [0.15, 0.2) is 18.2 Å². The molecule has 4 N–H and O–H groups in total. The maximum absolute atomic E-state index is 12.6. The molecule has 2 rings (SSSR count). The van der Waals surface area contributed by atoms with Crippen molar-refractivity contribution in [2.24, 2.45) is 5.92 Å². The van der Waals surface area contributed by atoms with E-state index < -0.39 is 12.1 Å². The Morgan fingerprint density at radius 3 is 2.05 bits per heavy atom. The predicted molar refractivity (Wildman–Crippen MR) is 69.9 cm³/mol. The SMILES string of the molecule is Nc1cc(N)cc(C(=O)N2CCC(C(F)(F)F)CC2)c1. The maximum Gasteiger partial charge on any atom is 0.391 e. The number of amides is 1. The van der Waals surface area contributed by atoms with E-state index in [0.717, 1.165) is 0 Å². The highest BCUT2D eigenvalue weighted by Crippen LogP contribution is 2.34. The van der Waals surface area contributed by atoms with Crippen molar-refractivity contribution in [2.75, 3.05) is 24.6 Å². The van der Waals surface area contributed by atoms with Crippen LogP contribution in [0.3, 0.4) is 0 Å². The molecule has 1 aliphatic heterocycles. The van der Waals surface area contributed by atoms with Crippen molar-refractivity contribution in [1.82, 2.24) is 4.90 Å². The Bertz CT molecular complexity index is 488. The number of piperidine rings is 1. The lowest BCUT2D eigenvalue weighted by molar-refractivity contribution is -0.183. The van der Waals surface area contributed by atoms with E-state index in [4.69, 9.17) is 11.5 Å². The smallest absolute Gasteiger partial charge is 0.391 e. The molecule has 0 spiro atoms. The minimum atomic E-state index is -4.18. The summed E-state index contributed by atoms with van der Waals surface area (Å²) in [5, 5.41) is 0. The Labute approximate surface area is 114 Å². The van der Waals surface area contributed by atoms with Gasteiger partial charge in [-0.2, -0.15) is 13.2 Å². The van der Waals surface area contributed by atoms with Crippen LogP contribution in [-0.2, 0) is 0 Å². The summed E-state index contributed by atoms with van der Waals surface area (Å²) in [6, 6.07) is 4.48. The molecule has 0 unspecified atom stereocenters. The van der Waals surface area contributed by atoms with Crippen LogP contribution in [0.25, 0.3) is 0 Å². The Morgan fingerprint density at radius 1 is 1.10 bits per heavy atom. The molecule has 1 amide bonds. The highest BCUT2D eigenvalue weighted by Gasteiger charge is 2.41. The Hall–Kier alpha value is -1.92. The number of halogens is 3. The number of hydrogen-bond acceptors (Lipinski definition) is 3. The van der Waals surface area contributed by atoms with Crippen LogP contribution in [-0.4, -0.2) is 30.1 Å². The molecule has 0 bridgehead atoms. The van der Waals surface area contributed by atoms with Crippen LogP contribution in [0.4, 0.5) is 24.5 Å². The third-order valence-electron chi connectivity index (χ3n) is 3.47. The van der Waals surface area contributed by atoms with Crippen molar-refractivity contribution in [2.45, 2.75) is 19.0 Å². The summed E-state index contributed by atoms with van der Waals surface area (Å²) in [5.74, 6) is -1.65. The fraction of sp³-hybridized carbons (Fsp3) is 0.462. The largest absolute Gasteiger partial charge is 0.399 e. The van der Waals surface area contributed by atoms with Crippen molar-refractivity contribution in [3.8, 4) is 0 Å². The van der Waals surface area contributed by atoms with E-state index in [1.54, 1.807) is 0 Å². The molecular weight excluding hydrogens is 271 g/mol. The first-order valence-corrected chi connectivity index (χ1v) is 6.29. The van der Waals surface area contributed by atoms with Crippen LogP contribution in [0.5, 0.6) is 0 Å². The van der Waals surface area contributed by atoms with Crippen LogP contribution < -0.4 is 11.5 Å². The van der Waals surface area contributed by atoms with Gasteiger partial charge in [-0.15, -0.1) is 0 Å². The molecule has 0 aliphatic carbocycles. The van der Waals surface area contributed by atoms with E-state index in [1.807, 2.05) is 0 Å². The molecule has 1 aliphatic rings. The number of carbonyl (C=O) groups is 1. The molecule has 0 saturated carbocycles. The molecule has 4 nitrogen and oxygen atoms in total. The zero-order valence-corrected chi connectivity index (χ0v) is 10.8. The first-order valence-electron chi connectivity index (χ1n) is 6.29. The summed E-state index contributed by atoms with van der Waals surface area (Å²) in [6.07, 6.45) is -4.31.